The van der Waals surface area contributed by atoms with Crippen molar-refractivity contribution in [3.8, 4) is 5.75 Å². The molecule has 0 bridgehead atoms. The van der Waals surface area contributed by atoms with Crippen LogP contribution in [0.25, 0.3) is 0 Å². The van der Waals surface area contributed by atoms with E-state index in [0.717, 1.165) is 23.1 Å². The van der Waals surface area contributed by atoms with Gasteiger partial charge in [-0.25, -0.2) is 8.78 Å². The number of nitrogens with one attached hydrogen (secondary N) is 1. The third kappa shape index (κ3) is 4.71. The summed E-state index contributed by atoms with van der Waals surface area (Å²) < 4.78 is 35.7. The summed E-state index contributed by atoms with van der Waals surface area (Å²) >= 11 is 3.37. The van der Waals surface area contributed by atoms with E-state index in [0.29, 0.717) is 24.9 Å². The van der Waals surface area contributed by atoms with Crippen LogP contribution in [-0.2, 0) is 11.3 Å². The highest BCUT2D eigenvalue weighted by Gasteiger charge is 2.16. The van der Waals surface area contributed by atoms with E-state index in [4.69, 9.17) is 9.47 Å². The fraction of sp³-hybridized carbons (Fsp3) is 0.538. The number of halogens is 3. The number of hydrogen-bond acceptors (Lipinski definition) is 3. The second-order valence-electron chi connectivity index (χ2n) is 4.40. The highest BCUT2D eigenvalue weighted by molar-refractivity contribution is 9.10. The summed E-state index contributed by atoms with van der Waals surface area (Å²) in [6.07, 6.45) is -1.49. The number of benzene rings is 1. The van der Waals surface area contributed by atoms with Gasteiger partial charge in [0.25, 0.3) is 6.43 Å². The van der Waals surface area contributed by atoms with Crippen LogP contribution in [0.1, 0.15) is 12.0 Å². The minimum Gasteiger partial charge on any atom is -0.487 e. The van der Waals surface area contributed by atoms with E-state index in [2.05, 4.69) is 21.2 Å². The predicted octanol–water partition coefficient (Wildman–Crippen LogP) is 2.97. The van der Waals surface area contributed by atoms with Crippen LogP contribution in [0.5, 0.6) is 5.75 Å². The molecule has 1 unspecified atom stereocenters. The van der Waals surface area contributed by atoms with E-state index in [9.17, 15) is 8.78 Å². The smallest absolute Gasteiger partial charge is 0.272 e. The van der Waals surface area contributed by atoms with E-state index in [1.807, 2.05) is 6.07 Å². The van der Waals surface area contributed by atoms with Crippen LogP contribution in [0.15, 0.2) is 22.7 Å². The lowest BCUT2D eigenvalue weighted by Gasteiger charge is -2.15. The highest BCUT2D eigenvalue weighted by Crippen LogP contribution is 2.24. The van der Waals surface area contributed by atoms with Crippen molar-refractivity contribution in [2.45, 2.75) is 25.4 Å². The first-order valence-electron chi connectivity index (χ1n) is 6.15. The lowest BCUT2D eigenvalue weighted by molar-refractivity contribution is 0.0813. The Balaban J connectivity index is 1.97. The third-order valence-electron chi connectivity index (χ3n) is 2.90. The van der Waals surface area contributed by atoms with Crippen molar-refractivity contribution >= 4 is 15.9 Å². The van der Waals surface area contributed by atoms with Crippen LogP contribution >= 0.6 is 15.9 Å². The molecule has 1 aromatic rings. The van der Waals surface area contributed by atoms with Crippen molar-refractivity contribution < 1.29 is 18.3 Å². The van der Waals surface area contributed by atoms with E-state index < -0.39 is 13.0 Å². The maximum absolute atomic E-state index is 12.2. The number of ether oxygens (including phenoxy) is 2. The van der Waals surface area contributed by atoms with Crippen LogP contribution in [0.3, 0.4) is 0 Å². The molecule has 2 rings (SSSR count). The molecule has 1 atom stereocenters. The Kier molecular flexibility index (Phi) is 5.54. The van der Waals surface area contributed by atoms with Crippen LogP contribution in [0.2, 0.25) is 0 Å². The summed E-state index contributed by atoms with van der Waals surface area (Å²) in [5, 5.41) is 3.34. The summed E-state index contributed by atoms with van der Waals surface area (Å²) in [7, 11) is 0. The molecule has 0 aliphatic carbocycles. The summed E-state index contributed by atoms with van der Waals surface area (Å²) in [4.78, 5) is 0. The third-order valence-corrected chi connectivity index (χ3v) is 3.39. The van der Waals surface area contributed by atoms with Crippen molar-refractivity contribution in [1.82, 2.24) is 5.32 Å². The zero-order chi connectivity index (χ0) is 13.7. The number of rotatable bonds is 6. The second kappa shape index (κ2) is 7.17. The predicted molar refractivity (Wildman–Crippen MR) is 71.7 cm³/mol. The quantitative estimate of drug-likeness (QED) is 0.866. The first-order chi connectivity index (χ1) is 9.15. The molecule has 1 aliphatic heterocycles. The van der Waals surface area contributed by atoms with Gasteiger partial charge < -0.3 is 14.8 Å². The van der Waals surface area contributed by atoms with Gasteiger partial charge in [0.1, 0.15) is 12.4 Å². The Hall–Kier alpha value is -0.720. The van der Waals surface area contributed by atoms with Gasteiger partial charge in [-0.15, -0.1) is 0 Å². The van der Waals surface area contributed by atoms with E-state index in [1.54, 1.807) is 12.1 Å². The topological polar surface area (TPSA) is 30.5 Å². The van der Waals surface area contributed by atoms with Crippen molar-refractivity contribution in [3.63, 3.8) is 0 Å². The molecule has 1 aromatic carbocycles. The van der Waals surface area contributed by atoms with Gasteiger partial charge in [0.15, 0.2) is 0 Å². The van der Waals surface area contributed by atoms with Gasteiger partial charge in [-0.1, -0.05) is 15.9 Å². The molecule has 6 heteroatoms. The second-order valence-corrected chi connectivity index (χ2v) is 5.31. The molecule has 0 spiro atoms. The zero-order valence-corrected chi connectivity index (χ0v) is 12.0. The van der Waals surface area contributed by atoms with Gasteiger partial charge in [0, 0.05) is 29.2 Å². The van der Waals surface area contributed by atoms with E-state index in [-0.39, 0.29) is 0 Å². The molecule has 1 aliphatic rings. The van der Waals surface area contributed by atoms with Gasteiger partial charge in [0.2, 0.25) is 0 Å². The van der Waals surface area contributed by atoms with Crippen molar-refractivity contribution in [2.75, 3.05) is 19.8 Å². The first-order valence-corrected chi connectivity index (χ1v) is 6.95. The summed E-state index contributed by atoms with van der Waals surface area (Å²) in [5.74, 6) is 0.495. The fourth-order valence-corrected chi connectivity index (χ4v) is 2.34. The standard InChI is InChI=1S/C13H16BrF2NO2/c14-10-1-2-12(19-8-13(15)16)9(5-10)6-17-11-3-4-18-7-11/h1-2,5,11,13,17H,3-4,6-8H2. The van der Waals surface area contributed by atoms with Gasteiger partial charge in [-0.05, 0) is 24.6 Å². The Labute approximate surface area is 119 Å². The average Bonchev–Trinajstić information content (AvgIpc) is 2.88. The Bertz CT molecular complexity index is 412. The largest absolute Gasteiger partial charge is 0.487 e. The van der Waals surface area contributed by atoms with Crippen molar-refractivity contribution in [3.05, 3.63) is 28.2 Å². The normalized spacial score (nSPS) is 19.1. The molecule has 3 nitrogen and oxygen atoms in total. The Morgan fingerprint density at radius 2 is 2.32 bits per heavy atom. The molecule has 1 fully saturated rings. The molecule has 19 heavy (non-hydrogen) atoms. The van der Waals surface area contributed by atoms with Crippen LogP contribution in [0.4, 0.5) is 8.78 Å². The lowest BCUT2D eigenvalue weighted by Crippen LogP contribution is -2.28. The van der Waals surface area contributed by atoms with Gasteiger partial charge in [-0.2, -0.15) is 0 Å². The molecule has 0 amide bonds. The molecular formula is C13H16BrF2NO2. The summed E-state index contributed by atoms with van der Waals surface area (Å²) in [6.45, 7) is 1.46. The molecule has 0 saturated carbocycles. The van der Waals surface area contributed by atoms with Crippen molar-refractivity contribution in [1.29, 1.82) is 0 Å². The van der Waals surface area contributed by atoms with E-state index >= 15 is 0 Å². The van der Waals surface area contributed by atoms with Crippen molar-refractivity contribution in [2.24, 2.45) is 0 Å². The molecule has 0 aromatic heterocycles. The van der Waals surface area contributed by atoms with Crippen LogP contribution < -0.4 is 10.1 Å². The Morgan fingerprint density at radius 1 is 1.47 bits per heavy atom. The maximum Gasteiger partial charge on any atom is 0.272 e. The number of hydrogen-bond donors (Lipinski definition) is 1. The molecule has 106 valence electrons. The molecular weight excluding hydrogens is 320 g/mol. The SMILES string of the molecule is FC(F)COc1ccc(Br)cc1CNC1CCOC1. The molecule has 1 heterocycles. The summed E-state index contributed by atoms with van der Waals surface area (Å²) in [5.41, 5.74) is 0.863. The number of alkyl halides is 2. The molecule has 0 radical (unpaired) electrons. The van der Waals surface area contributed by atoms with Gasteiger partial charge in [-0.3, -0.25) is 0 Å². The molecule has 1 N–H and O–H groups in total. The highest BCUT2D eigenvalue weighted by atomic mass is 79.9. The van der Waals surface area contributed by atoms with Gasteiger partial charge in [0.05, 0.1) is 6.61 Å². The molecule has 1 saturated heterocycles. The monoisotopic (exact) mass is 335 g/mol. The fourth-order valence-electron chi connectivity index (χ4n) is 1.93. The zero-order valence-electron chi connectivity index (χ0n) is 10.4. The first kappa shape index (κ1) is 14.7. The van der Waals surface area contributed by atoms with Gasteiger partial charge >= 0.3 is 0 Å². The minimum atomic E-state index is -2.47. The van der Waals surface area contributed by atoms with Crippen LogP contribution in [0, 0.1) is 0 Å². The maximum atomic E-state index is 12.2. The van der Waals surface area contributed by atoms with E-state index in [1.165, 1.54) is 0 Å². The van der Waals surface area contributed by atoms with Crippen LogP contribution in [-0.4, -0.2) is 32.3 Å². The minimum absolute atomic E-state index is 0.321. The lowest BCUT2D eigenvalue weighted by atomic mass is 10.2. The Morgan fingerprint density at radius 3 is 3.00 bits per heavy atom. The average molecular weight is 336 g/mol. The summed E-state index contributed by atoms with van der Waals surface area (Å²) in [6, 6.07) is 5.68.